The standard InChI is InChI=1S/C11H7N3O3/c15-11(16)7-5-9(17-13-7)8-6-14-4-2-1-3-10(14)12-8/h1-6H,(H,15,16). The summed E-state index contributed by atoms with van der Waals surface area (Å²) in [7, 11) is 0. The molecule has 1 N–H and O–H groups in total. The second-order valence-corrected chi connectivity index (χ2v) is 3.47. The topological polar surface area (TPSA) is 80.6 Å². The van der Waals surface area contributed by atoms with Gasteiger partial charge in [0, 0.05) is 18.5 Å². The second-order valence-electron chi connectivity index (χ2n) is 3.47. The largest absolute Gasteiger partial charge is 0.476 e. The summed E-state index contributed by atoms with van der Waals surface area (Å²) in [4.78, 5) is 15.0. The lowest BCUT2D eigenvalue weighted by Gasteiger charge is -1.86. The third-order valence-electron chi connectivity index (χ3n) is 2.35. The van der Waals surface area contributed by atoms with Crippen LogP contribution in [0.4, 0.5) is 0 Å². The highest BCUT2D eigenvalue weighted by atomic mass is 16.5. The molecule has 0 aliphatic carbocycles. The van der Waals surface area contributed by atoms with Gasteiger partial charge >= 0.3 is 5.97 Å². The number of pyridine rings is 1. The Kier molecular flexibility index (Phi) is 1.94. The smallest absolute Gasteiger partial charge is 0.358 e. The van der Waals surface area contributed by atoms with Crippen LogP contribution in [0, 0.1) is 0 Å². The van der Waals surface area contributed by atoms with Gasteiger partial charge in [-0.1, -0.05) is 11.2 Å². The van der Waals surface area contributed by atoms with Crippen LogP contribution in [0.5, 0.6) is 0 Å². The van der Waals surface area contributed by atoms with Gasteiger partial charge in [-0.2, -0.15) is 0 Å². The van der Waals surface area contributed by atoms with Gasteiger partial charge in [0.1, 0.15) is 11.3 Å². The first kappa shape index (κ1) is 9.59. The Morgan fingerprint density at radius 2 is 2.29 bits per heavy atom. The maximum Gasteiger partial charge on any atom is 0.358 e. The van der Waals surface area contributed by atoms with Gasteiger partial charge < -0.3 is 14.0 Å². The van der Waals surface area contributed by atoms with Crippen LogP contribution in [0.25, 0.3) is 17.1 Å². The van der Waals surface area contributed by atoms with Crippen molar-refractivity contribution in [3.8, 4) is 11.5 Å². The predicted molar refractivity (Wildman–Crippen MR) is 57.6 cm³/mol. The molecule has 6 heteroatoms. The molecule has 84 valence electrons. The number of carbonyl (C=O) groups is 1. The van der Waals surface area contributed by atoms with E-state index in [1.165, 1.54) is 6.07 Å². The van der Waals surface area contributed by atoms with E-state index in [-0.39, 0.29) is 5.69 Å². The SMILES string of the molecule is O=C(O)c1cc(-c2cn3ccccc3n2)on1. The van der Waals surface area contributed by atoms with E-state index in [0.717, 1.165) is 5.65 Å². The zero-order valence-corrected chi connectivity index (χ0v) is 8.57. The molecule has 0 atom stereocenters. The number of carboxylic acids is 1. The Balaban J connectivity index is 2.10. The summed E-state index contributed by atoms with van der Waals surface area (Å²) in [5.74, 6) is -0.783. The molecule has 0 radical (unpaired) electrons. The van der Waals surface area contributed by atoms with Crippen molar-refractivity contribution in [3.05, 3.63) is 42.4 Å². The summed E-state index contributed by atoms with van der Waals surface area (Å²) >= 11 is 0. The van der Waals surface area contributed by atoms with Crippen molar-refractivity contribution in [2.75, 3.05) is 0 Å². The Morgan fingerprint density at radius 3 is 3.00 bits per heavy atom. The van der Waals surface area contributed by atoms with Gasteiger partial charge in [-0.15, -0.1) is 0 Å². The summed E-state index contributed by atoms with van der Waals surface area (Å²) in [6, 6.07) is 6.94. The number of carboxylic acid groups (broad SMARTS) is 1. The van der Waals surface area contributed by atoms with Crippen molar-refractivity contribution in [2.24, 2.45) is 0 Å². The number of fused-ring (bicyclic) bond motifs is 1. The molecule has 3 rings (SSSR count). The maximum absolute atomic E-state index is 10.7. The molecule has 0 aliphatic rings. The first-order valence-corrected chi connectivity index (χ1v) is 4.88. The van der Waals surface area contributed by atoms with Crippen LogP contribution < -0.4 is 0 Å². The van der Waals surface area contributed by atoms with Gasteiger partial charge in [-0.3, -0.25) is 0 Å². The van der Waals surface area contributed by atoms with Crippen LogP contribution in [0.2, 0.25) is 0 Å². The van der Waals surface area contributed by atoms with Crippen molar-refractivity contribution in [3.63, 3.8) is 0 Å². The summed E-state index contributed by atoms with van der Waals surface area (Å²) in [6.07, 6.45) is 3.60. The molecular formula is C11H7N3O3. The third-order valence-corrected chi connectivity index (χ3v) is 2.35. The van der Waals surface area contributed by atoms with Gasteiger partial charge in [0.25, 0.3) is 0 Å². The van der Waals surface area contributed by atoms with E-state index in [1.807, 2.05) is 28.8 Å². The van der Waals surface area contributed by atoms with Crippen LogP contribution in [-0.4, -0.2) is 25.6 Å². The molecule has 3 aromatic heterocycles. The molecule has 0 bridgehead atoms. The average Bonchev–Trinajstić information content (AvgIpc) is 2.95. The Morgan fingerprint density at radius 1 is 1.41 bits per heavy atom. The van der Waals surface area contributed by atoms with Crippen molar-refractivity contribution < 1.29 is 14.4 Å². The van der Waals surface area contributed by atoms with E-state index in [0.29, 0.717) is 11.5 Å². The molecule has 0 spiro atoms. The zero-order valence-electron chi connectivity index (χ0n) is 8.57. The number of rotatable bonds is 2. The lowest BCUT2D eigenvalue weighted by molar-refractivity contribution is 0.0686. The van der Waals surface area contributed by atoms with Gasteiger partial charge in [0.05, 0.1) is 0 Å². The minimum absolute atomic E-state index is 0.128. The van der Waals surface area contributed by atoms with E-state index in [4.69, 9.17) is 9.63 Å². The van der Waals surface area contributed by atoms with Crippen molar-refractivity contribution >= 4 is 11.6 Å². The van der Waals surface area contributed by atoms with E-state index in [1.54, 1.807) is 6.20 Å². The van der Waals surface area contributed by atoms with Gasteiger partial charge in [0.2, 0.25) is 0 Å². The van der Waals surface area contributed by atoms with Crippen LogP contribution in [0.15, 0.2) is 41.2 Å². The predicted octanol–water partition coefficient (Wildman–Crippen LogP) is 1.69. The second kappa shape index (κ2) is 3.44. The number of imidazole rings is 1. The first-order chi connectivity index (χ1) is 8.24. The molecule has 3 heterocycles. The van der Waals surface area contributed by atoms with E-state index < -0.39 is 5.97 Å². The minimum atomic E-state index is -1.12. The molecule has 0 fully saturated rings. The minimum Gasteiger partial charge on any atom is -0.476 e. The lowest BCUT2D eigenvalue weighted by Crippen LogP contribution is -1.94. The van der Waals surface area contributed by atoms with Crippen LogP contribution in [-0.2, 0) is 0 Å². The van der Waals surface area contributed by atoms with Gasteiger partial charge in [0.15, 0.2) is 11.5 Å². The van der Waals surface area contributed by atoms with Crippen molar-refractivity contribution in [1.29, 1.82) is 0 Å². The lowest BCUT2D eigenvalue weighted by atomic mass is 10.3. The summed E-state index contributed by atoms with van der Waals surface area (Å²) in [5.41, 5.74) is 1.18. The van der Waals surface area contributed by atoms with E-state index in [2.05, 4.69) is 10.1 Å². The Bertz CT molecular complexity index is 666. The van der Waals surface area contributed by atoms with E-state index in [9.17, 15) is 4.79 Å². The Hall–Kier alpha value is -2.63. The Labute approximate surface area is 95.1 Å². The fourth-order valence-electron chi connectivity index (χ4n) is 1.55. The summed E-state index contributed by atoms with van der Waals surface area (Å²) in [6.45, 7) is 0. The fourth-order valence-corrected chi connectivity index (χ4v) is 1.55. The zero-order chi connectivity index (χ0) is 11.8. The van der Waals surface area contributed by atoms with Crippen LogP contribution in [0.1, 0.15) is 10.5 Å². The fraction of sp³-hybridized carbons (Fsp3) is 0. The molecule has 0 aliphatic heterocycles. The molecule has 3 aromatic rings. The highest BCUT2D eigenvalue weighted by Gasteiger charge is 2.14. The monoisotopic (exact) mass is 229 g/mol. The molecule has 6 nitrogen and oxygen atoms in total. The summed E-state index contributed by atoms with van der Waals surface area (Å²) < 4.78 is 6.75. The maximum atomic E-state index is 10.7. The van der Waals surface area contributed by atoms with Crippen LogP contribution >= 0.6 is 0 Å². The molecule has 0 saturated heterocycles. The van der Waals surface area contributed by atoms with Gasteiger partial charge in [-0.25, -0.2) is 9.78 Å². The van der Waals surface area contributed by atoms with Crippen molar-refractivity contribution in [1.82, 2.24) is 14.5 Å². The third kappa shape index (κ3) is 1.55. The van der Waals surface area contributed by atoms with Crippen molar-refractivity contribution in [2.45, 2.75) is 0 Å². The number of hydrogen-bond donors (Lipinski definition) is 1. The number of nitrogens with zero attached hydrogens (tertiary/aromatic N) is 3. The number of aromatic nitrogens is 3. The quantitative estimate of drug-likeness (QED) is 0.723. The molecule has 0 saturated carbocycles. The molecular weight excluding hydrogens is 222 g/mol. The molecule has 0 aromatic carbocycles. The molecule has 17 heavy (non-hydrogen) atoms. The highest BCUT2D eigenvalue weighted by Crippen LogP contribution is 2.19. The van der Waals surface area contributed by atoms with E-state index >= 15 is 0 Å². The number of hydrogen-bond acceptors (Lipinski definition) is 4. The van der Waals surface area contributed by atoms with Crippen LogP contribution in [0.3, 0.4) is 0 Å². The highest BCUT2D eigenvalue weighted by molar-refractivity contribution is 5.86. The van der Waals surface area contributed by atoms with Gasteiger partial charge in [-0.05, 0) is 12.1 Å². The molecule has 0 unspecified atom stereocenters. The normalized spacial score (nSPS) is 10.8. The first-order valence-electron chi connectivity index (χ1n) is 4.88. The number of aromatic carboxylic acids is 1. The summed E-state index contributed by atoms with van der Waals surface area (Å²) in [5, 5.41) is 12.2. The molecule has 0 amide bonds. The average molecular weight is 229 g/mol.